The van der Waals surface area contributed by atoms with Crippen LogP contribution in [0, 0.1) is 10.8 Å². The summed E-state index contributed by atoms with van der Waals surface area (Å²) in [7, 11) is 0.926. The van der Waals surface area contributed by atoms with E-state index in [0.29, 0.717) is 54.7 Å². The molecule has 14 nitrogen and oxygen atoms in total. The van der Waals surface area contributed by atoms with Crippen molar-refractivity contribution in [1.82, 2.24) is 9.80 Å². The Balaban J connectivity index is 1.13. The maximum atomic E-state index is 14.5. The normalized spacial score (nSPS) is 20.2. The maximum Gasteiger partial charge on any atom is 0.411 e. The van der Waals surface area contributed by atoms with Gasteiger partial charge in [0.2, 0.25) is 0 Å². The largest absolute Gasteiger partial charge is 0.493 e. The van der Waals surface area contributed by atoms with Crippen molar-refractivity contribution in [3.05, 3.63) is 48.0 Å². The Morgan fingerprint density at radius 1 is 0.879 bits per heavy atom. The van der Waals surface area contributed by atoms with Crippen molar-refractivity contribution < 1.29 is 47.6 Å². The number of methoxy groups -OCH3 is 2. The van der Waals surface area contributed by atoms with Crippen LogP contribution in [0.2, 0.25) is 18.1 Å². The second kappa shape index (κ2) is 17.0. The van der Waals surface area contributed by atoms with E-state index in [9.17, 15) is 19.5 Å². The van der Waals surface area contributed by atoms with Crippen molar-refractivity contribution in [1.29, 1.82) is 0 Å². The lowest BCUT2D eigenvalue weighted by molar-refractivity contribution is 0.0671. The van der Waals surface area contributed by atoms with Gasteiger partial charge in [0.1, 0.15) is 6.61 Å². The highest BCUT2D eigenvalue weighted by atomic mass is 28.4. The molecule has 58 heavy (non-hydrogen) atoms. The molecule has 4 N–H and O–H groups in total. The van der Waals surface area contributed by atoms with Crippen LogP contribution in [0.25, 0.3) is 0 Å². The van der Waals surface area contributed by atoms with Crippen molar-refractivity contribution in [2.24, 2.45) is 10.8 Å². The van der Waals surface area contributed by atoms with Crippen molar-refractivity contribution in [2.75, 3.05) is 71.4 Å². The van der Waals surface area contributed by atoms with Crippen molar-refractivity contribution in [3.8, 4) is 23.0 Å². The molecular weight excluding hydrogens is 761 g/mol. The summed E-state index contributed by atoms with van der Waals surface area (Å²) in [5, 5.41) is 12.7. The molecule has 2 spiro atoms. The van der Waals surface area contributed by atoms with Crippen LogP contribution >= 0.6 is 0 Å². The molecule has 2 saturated carbocycles. The van der Waals surface area contributed by atoms with Gasteiger partial charge in [0.15, 0.2) is 31.3 Å². The number of hydrogen-bond acceptors (Lipinski definition) is 11. The number of rotatable bonds is 17. The molecule has 6 rings (SSSR count). The Bertz CT molecular complexity index is 1870. The Kier molecular flexibility index (Phi) is 12.7. The van der Waals surface area contributed by atoms with Crippen LogP contribution < -0.4 is 30.0 Å². The number of carbonyl (C=O) groups excluding carboxylic acids is 3. The highest BCUT2D eigenvalue weighted by Gasteiger charge is 2.55. The summed E-state index contributed by atoms with van der Waals surface area (Å²) in [6.45, 7) is 16.7. The molecule has 3 amide bonds. The first-order valence-corrected chi connectivity index (χ1v) is 23.3. The average molecular weight is 823 g/mol. The van der Waals surface area contributed by atoms with Crippen molar-refractivity contribution >= 4 is 37.6 Å². The third-order valence-electron chi connectivity index (χ3n) is 12.8. The fourth-order valence-corrected chi connectivity index (χ4v) is 8.92. The van der Waals surface area contributed by atoms with Gasteiger partial charge in [-0.25, -0.2) is 4.79 Å². The molecule has 4 fully saturated rings. The zero-order valence-electron chi connectivity index (χ0n) is 35.2. The molecule has 2 heterocycles. The molecule has 15 heteroatoms. The van der Waals surface area contributed by atoms with Crippen LogP contribution in [0.1, 0.15) is 86.4 Å². The lowest BCUT2D eigenvalue weighted by Gasteiger charge is -2.38. The summed E-state index contributed by atoms with van der Waals surface area (Å²) in [6, 6.07) is 6.03. The second-order valence-electron chi connectivity index (χ2n) is 18.0. The first kappa shape index (κ1) is 43.1. The van der Waals surface area contributed by atoms with Gasteiger partial charge in [-0.2, -0.15) is 0 Å². The molecule has 2 aromatic carbocycles. The zero-order chi connectivity index (χ0) is 42.0. The third-order valence-corrected chi connectivity index (χ3v) is 17.3. The van der Waals surface area contributed by atoms with Gasteiger partial charge in [0, 0.05) is 37.3 Å². The molecule has 2 aliphatic carbocycles. The predicted octanol–water partition coefficient (Wildman–Crippen LogP) is 6.87. The summed E-state index contributed by atoms with van der Waals surface area (Å²) < 4.78 is 35.4. The number of nitrogens with zero attached hydrogens (tertiary/aromatic N) is 2. The first-order chi connectivity index (χ1) is 27.5. The molecular formula is C43H62N4O10Si. The summed E-state index contributed by atoms with van der Waals surface area (Å²) >= 11 is 0. The average Bonchev–Trinajstić information content (AvgIpc) is 4.05. The van der Waals surface area contributed by atoms with Gasteiger partial charge in [0.05, 0.1) is 69.5 Å². The number of ether oxygens (including phenoxy) is 5. The standard InChI is InChI=1S/C43H62N4O10Si/c1-9-15-56-40(51)45-33-21-37(35(53-6)19-31(33)39(50)47-27-43(13-14-43)23-29(47)25-57-58(7,8)41(2,3)4)55-17-10-16-54-36-20-32(44)30(18-34(36)52-5)38(49)46-26-42(11-12-42)22-28(46)24-48/h9,18-21,28-29,48H,1,10-17,22-27,44H2,2-8H3,(H,45,51)/t28-,29-/m0/s1. The quantitative estimate of drug-likeness (QED) is 0.0658. The smallest absolute Gasteiger partial charge is 0.411 e. The fraction of sp³-hybridized carbons (Fsp3) is 0.605. The van der Waals surface area contributed by atoms with Crippen LogP contribution in [0.3, 0.4) is 0 Å². The van der Waals surface area contributed by atoms with E-state index in [0.717, 1.165) is 38.5 Å². The van der Waals surface area contributed by atoms with Crippen molar-refractivity contribution in [3.63, 3.8) is 0 Å². The number of aliphatic hydroxyl groups is 1. The number of amides is 3. The lowest BCUT2D eigenvalue weighted by atomic mass is 10.0. The number of hydrogen-bond donors (Lipinski definition) is 3. The molecule has 2 aromatic rings. The van der Waals surface area contributed by atoms with E-state index in [1.54, 1.807) is 29.2 Å². The molecule has 4 aliphatic rings. The number of nitrogen functional groups attached to an aromatic ring is 1. The monoisotopic (exact) mass is 822 g/mol. The first-order valence-electron chi connectivity index (χ1n) is 20.3. The Hall–Kier alpha value is -4.47. The van der Waals surface area contributed by atoms with Crippen LogP contribution in [0.15, 0.2) is 36.9 Å². The minimum Gasteiger partial charge on any atom is -0.493 e. The Labute approximate surface area is 343 Å². The number of nitrogens with two attached hydrogens (primary N) is 1. The van der Waals surface area contributed by atoms with Gasteiger partial charge in [-0.1, -0.05) is 33.4 Å². The van der Waals surface area contributed by atoms with E-state index in [1.165, 1.54) is 20.3 Å². The Morgan fingerprint density at radius 2 is 1.41 bits per heavy atom. The van der Waals surface area contributed by atoms with Gasteiger partial charge in [0.25, 0.3) is 11.8 Å². The molecule has 2 aliphatic heterocycles. The molecule has 0 aromatic heterocycles. The van der Waals surface area contributed by atoms with E-state index >= 15 is 0 Å². The molecule has 318 valence electrons. The summed E-state index contributed by atoms with van der Waals surface area (Å²) in [5.41, 5.74) is 7.67. The van der Waals surface area contributed by atoms with Crippen LogP contribution in [0.5, 0.6) is 23.0 Å². The molecule has 2 saturated heterocycles. The number of anilines is 2. The summed E-state index contributed by atoms with van der Waals surface area (Å²) in [5.74, 6) is 0.921. The SMILES string of the molecule is C=CCOC(=O)Nc1cc(OCCCOc2cc(N)c(C(=O)N3CC4(CC4)C[C@H]3CO)cc2OC)c(OC)cc1C(=O)N1CC2(CC2)C[C@H]1CO[Si](C)(C)C(C)(C)C. The summed E-state index contributed by atoms with van der Waals surface area (Å²) in [4.78, 5) is 44.5. The molecule has 0 bridgehead atoms. The fourth-order valence-electron chi connectivity index (χ4n) is 7.88. The number of benzene rings is 2. The predicted molar refractivity (Wildman–Crippen MR) is 224 cm³/mol. The number of carbonyl (C=O) groups is 3. The highest BCUT2D eigenvalue weighted by Crippen LogP contribution is 2.56. The van der Waals surface area contributed by atoms with E-state index < -0.39 is 14.4 Å². The van der Waals surface area contributed by atoms with Gasteiger partial charge < -0.3 is 48.8 Å². The van der Waals surface area contributed by atoms with Crippen molar-refractivity contribution in [2.45, 2.75) is 95.9 Å². The Morgan fingerprint density at radius 3 is 1.95 bits per heavy atom. The number of likely N-dealkylation sites (tertiary alicyclic amines) is 2. The third kappa shape index (κ3) is 9.36. The maximum absolute atomic E-state index is 14.5. The van der Waals surface area contributed by atoms with Crippen LogP contribution in [-0.4, -0.2) is 114 Å². The van der Waals surface area contributed by atoms with Gasteiger partial charge in [-0.3, -0.25) is 14.9 Å². The van der Waals surface area contributed by atoms with Gasteiger partial charge >= 0.3 is 6.09 Å². The second-order valence-corrected chi connectivity index (χ2v) is 22.8. The zero-order valence-corrected chi connectivity index (χ0v) is 36.2. The highest BCUT2D eigenvalue weighted by molar-refractivity contribution is 6.74. The number of nitrogens with one attached hydrogen (secondary N) is 1. The van der Waals surface area contributed by atoms with Gasteiger partial charge in [-0.15, -0.1) is 0 Å². The van der Waals surface area contributed by atoms with E-state index in [2.05, 4.69) is 45.8 Å². The minimum absolute atomic E-state index is 0.00510. The molecule has 0 unspecified atom stereocenters. The van der Waals surface area contributed by atoms with E-state index in [1.807, 2.05) is 4.90 Å². The summed E-state index contributed by atoms with van der Waals surface area (Å²) in [6.07, 6.45) is 7.11. The van der Waals surface area contributed by atoms with E-state index in [4.69, 9.17) is 33.8 Å². The van der Waals surface area contributed by atoms with Gasteiger partial charge in [-0.05, 0) is 79.6 Å². The number of aliphatic hydroxyl groups excluding tert-OH is 1. The lowest BCUT2D eigenvalue weighted by Crippen LogP contribution is -2.46. The minimum atomic E-state index is -2.07. The van der Waals surface area contributed by atoms with E-state index in [-0.39, 0.29) is 83.1 Å². The van der Waals surface area contributed by atoms with Crippen LogP contribution in [-0.2, 0) is 9.16 Å². The van der Waals surface area contributed by atoms with Crippen LogP contribution in [0.4, 0.5) is 16.2 Å². The molecule has 2 atom stereocenters. The topological polar surface area (TPSA) is 171 Å². The molecule has 0 radical (unpaired) electrons.